The van der Waals surface area contributed by atoms with Crippen LogP contribution in [0.5, 0.6) is 12.0 Å². The first kappa shape index (κ1) is 48.2. The first-order chi connectivity index (χ1) is 26.6. The summed E-state index contributed by atoms with van der Waals surface area (Å²) in [5, 5.41) is 0. The maximum Gasteiger partial charge on any atom is 0.337 e. The van der Waals surface area contributed by atoms with Crippen LogP contribution >= 0.6 is 44.2 Å². The van der Waals surface area contributed by atoms with Crippen molar-refractivity contribution in [3.8, 4) is 12.0 Å². The molecule has 0 aliphatic rings. The number of nitrogens with zero attached hydrogens (tertiary/aromatic N) is 8. The highest BCUT2D eigenvalue weighted by Gasteiger charge is 2.18. The van der Waals surface area contributed by atoms with Gasteiger partial charge in [-0.2, -0.15) is 19.9 Å². The largest absolute Gasteiger partial charge is 0.465 e. The van der Waals surface area contributed by atoms with Crippen molar-refractivity contribution in [3.05, 3.63) is 81.8 Å². The Kier molecular flexibility index (Phi) is 20.3. The van der Waals surface area contributed by atoms with Gasteiger partial charge in [-0.1, -0.05) is 39.1 Å². The minimum absolute atomic E-state index is 0. The van der Waals surface area contributed by atoms with Crippen LogP contribution in [0.1, 0.15) is 46.7 Å². The molecule has 0 bridgehead atoms. The van der Waals surface area contributed by atoms with E-state index in [2.05, 4.69) is 74.1 Å². The molecule has 57 heavy (non-hydrogen) atoms. The Bertz CT molecular complexity index is 2220. The van der Waals surface area contributed by atoms with Crippen molar-refractivity contribution < 1.29 is 38.0 Å². The van der Waals surface area contributed by atoms with E-state index in [0.717, 1.165) is 11.1 Å². The summed E-state index contributed by atoms with van der Waals surface area (Å²) in [5.41, 5.74) is 16.7. The molecule has 0 unspecified atom stereocenters. The lowest BCUT2D eigenvalue weighted by Gasteiger charge is -2.09. The number of fused-ring (bicyclic) bond motifs is 2. The van der Waals surface area contributed by atoms with E-state index in [-0.39, 0.29) is 44.5 Å². The van der Waals surface area contributed by atoms with Gasteiger partial charge in [-0.15, -0.1) is 0 Å². The molecule has 0 amide bonds. The Morgan fingerprint density at radius 2 is 1.16 bits per heavy atom. The number of rotatable bonds is 14. The van der Waals surface area contributed by atoms with Gasteiger partial charge in [-0.25, -0.2) is 19.6 Å². The third kappa shape index (κ3) is 12.8. The number of halogens is 3. The zero-order valence-corrected chi connectivity index (χ0v) is 34.8. The molecule has 0 radical (unpaired) electrons. The van der Waals surface area contributed by atoms with Crippen molar-refractivity contribution in [1.82, 2.24) is 39.0 Å². The van der Waals surface area contributed by atoms with E-state index >= 15 is 0 Å². The molecule has 0 saturated carbocycles. The Balaban J connectivity index is 0.000000365. The molecule has 0 fully saturated rings. The second kappa shape index (κ2) is 24.0. The zero-order chi connectivity index (χ0) is 39.9. The van der Waals surface area contributed by atoms with Crippen LogP contribution in [-0.2, 0) is 32.0 Å². The molecule has 2 aromatic carbocycles. The first-order valence-electron chi connectivity index (χ1n) is 16.1. The van der Waals surface area contributed by atoms with Crippen LogP contribution in [0, 0.1) is 0 Å². The maximum absolute atomic E-state index is 11.7. The van der Waals surface area contributed by atoms with Crippen LogP contribution in [0.2, 0.25) is 0 Å². The summed E-state index contributed by atoms with van der Waals surface area (Å²) in [6.07, 6.45) is 1.62. The molecule has 6 rings (SSSR count). The summed E-state index contributed by atoms with van der Waals surface area (Å²) in [4.78, 5) is 49.1. The minimum Gasteiger partial charge on any atom is -0.465 e. The van der Waals surface area contributed by atoms with E-state index in [0.29, 0.717) is 77.7 Å². The number of hydrogen-bond acceptors (Lipinski definition) is 16. The van der Waals surface area contributed by atoms with Gasteiger partial charge in [0.05, 0.1) is 58.0 Å². The Hall–Kier alpha value is -4.96. The summed E-state index contributed by atoms with van der Waals surface area (Å²) in [7, 11) is 5.86. The number of methoxy groups -OCH3 is 4. The van der Waals surface area contributed by atoms with Gasteiger partial charge in [-0.3, -0.25) is 4.57 Å². The molecule has 6 aromatic rings. The van der Waals surface area contributed by atoms with Crippen molar-refractivity contribution in [3.63, 3.8) is 0 Å². The van der Waals surface area contributed by atoms with Gasteiger partial charge in [0.2, 0.25) is 0 Å². The molecular weight excluding hydrogens is 940 g/mol. The highest BCUT2D eigenvalue weighted by atomic mass is 80.9. The molecule has 4 N–H and O–H groups in total. The number of hydrogen-bond donors (Lipinski definition) is 2. The average molecular weight is 986 g/mol. The number of nitrogen functional groups attached to an aromatic ring is 2. The van der Waals surface area contributed by atoms with E-state index < -0.39 is 5.97 Å². The fourth-order valence-corrected chi connectivity index (χ4v) is 5.42. The van der Waals surface area contributed by atoms with Crippen LogP contribution in [0.15, 0.2) is 59.6 Å². The van der Waals surface area contributed by atoms with Crippen molar-refractivity contribution in [1.29, 1.82) is 0 Å². The quantitative estimate of drug-likeness (QED) is 0.0697. The minimum atomic E-state index is -0.396. The van der Waals surface area contributed by atoms with Crippen molar-refractivity contribution >= 4 is 90.1 Å². The third-order valence-electron chi connectivity index (χ3n) is 7.45. The van der Waals surface area contributed by atoms with Gasteiger partial charge in [-0.05, 0) is 51.3 Å². The lowest BCUT2D eigenvalue weighted by molar-refractivity contribution is 0.0591. The molecular formula is C36H45Br3N10O8. The van der Waals surface area contributed by atoms with Crippen molar-refractivity contribution in [2.24, 2.45) is 0 Å². The van der Waals surface area contributed by atoms with E-state index in [1.54, 1.807) is 56.9 Å². The molecule has 4 heterocycles. The normalized spacial score (nSPS) is 10.2. The summed E-state index contributed by atoms with van der Waals surface area (Å²) < 4.78 is 34.5. The predicted octanol–water partition coefficient (Wildman–Crippen LogP) is 6.26. The Labute approximate surface area is 353 Å². The highest BCUT2D eigenvalue weighted by Crippen LogP contribution is 2.26. The van der Waals surface area contributed by atoms with E-state index in [1.807, 2.05) is 21.3 Å². The monoisotopic (exact) mass is 982 g/mol. The van der Waals surface area contributed by atoms with Crippen LogP contribution in [0.4, 0.5) is 11.6 Å². The molecule has 0 saturated heterocycles. The standard InChI is InChI=1S/C17H18BrN5O4.C17H19N5O4.2CH4.Br2/c1-25-6-7-27-17-21-13(19)12-14(22-17)23(16(18)20-12)9-10-4-3-5-11(8-10)15(24)26-2;1-24-6-7-26-17-20-14(18)13-15(21-17)22(10-19-13)9-11-4-3-5-12(8-11)16(23)25-2;;;1-2/h3-5,8H,6-7,9H2,1-2H3,(H2,19,21,22);3-5,8,10H,6-7,9H2,1-2H3,(H2,18,20,21);2*1H4;. The van der Waals surface area contributed by atoms with E-state index in [9.17, 15) is 9.59 Å². The van der Waals surface area contributed by atoms with Gasteiger partial charge in [0.25, 0.3) is 0 Å². The number of ether oxygens (including phenoxy) is 6. The number of esters is 2. The Morgan fingerprint density at radius 3 is 1.67 bits per heavy atom. The highest BCUT2D eigenvalue weighted by molar-refractivity contribution is 9.93. The number of carbonyl (C=O) groups is 2. The second-order valence-corrected chi connectivity index (χ2v) is 11.7. The SMILES string of the molecule is BrBr.C.C.COCCOc1nc(N)c2nc(Br)n(Cc3cccc(C(=O)OC)c3)c2n1.COCCOc1nc(N)c2ncn(Cc3cccc(C(=O)OC)c3)c2n1. The molecule has 18 nitrogen and oxygen atoms in total. The van der Waals surface area contributed by atoms with Gasteiger partial charge in [0.15, 0.2) is 38.7 Å². The number of anilines is 2. The summed E-state index contributed by atoms with van der Waals surface area (Å²) in [6, 6.07) is 14.6. The number of nitrogens with two attached hydrogens (primary N) is 2. The van der Waals surface area contributed by atoms with E-state index in [4.69, 9.17) is 39.9 Å². The second-order valence-electron chi connectivity index (χ2n) is 11.0. The molecule has 0 aliphatic carbocycles. The first-order valence-corrected chi connectivity index (χ1v) is 20.6. The number of carbonyl (C=O) groups excluding carboxylic acids is 2. The van der Waals surface area contributed by atoms with Gasteiger partial charge in [0.1, 0.15) is 13.2 Å². The summed E-state index contributed by atoms with van der Waals surface area (Å²) >= 11 is 8.93. The van der Waals surface area contributed by atoms with Gasteiger partial charge >= 0.3 is 24.0 Å². The molecule has 308 valence electrons. The molecule has 21 heteroatoms. The van der Waals surface area contributed by atoms with Crippen LogP contribution in [-0.4, -0.2) is 106 Å². The maximum atomic E-state index is 11.7. The molecule has 0 aliphatic heterocycles. The smallest absolute Gasteiger partial charge is 0.337 e. The van der Waals surface area contributed by atoms with Gasteiger partial charge in [0, 0.05) is 42.5 Å². The summed E-state index contributed by atoms with van der Waals surface area (Å²) in [6.45, 7) is 2.31. The predicted molar refractivity (Wildman–Crippen MR) is 227 cm³/mol. The van der Waals surface area contributed by atoms with Crippen LogP contribution < -0.4 is 20.9 Å². The van der Waals surface area contributed by atoms with Crippen molar-refractivity contribution in [2.45, 2.75) is 27.9 Å². The number of imidazole rings is 2. The Morgan fingerprint density at radius 1 is 0.667 bits per heavy atom. The van der Waals surface area contributed by atoms with Gasteiger partial charge < -0.3 is 44.5 Å². The molecule has 0 spiro atoms. The third-order valence-corrected chi connectivity index (χ3v) is 8.06. The number of benzene rings is 2. The average Bonchev–Trinajstić information content (AvgIpc) is 3.75. The van der Waals surface area contributed by atoms with Crippen molar-refractivity contribution in [2.75, 3.05) is 66.3 Å². The lowest BCUT2D eigenvalue weighted by atomic mass is 10.1. The topological polar surface area (TPSA) is 229 Å². The fraction of sp³-hybridized carbons (Fsp3) is 0.333. The van der Waals surface area contributed by atoms with E-state index in [1.165, 1.54) is 14.2 Å². The zero-order valence-electron chi connectivity index (χ0n) is 30.1. The number of aromatic nitrogens is 8. The lowest BCUT2D eigenvalue weighted by Crippen LogP contribution is -2.09. The van der Waals surface area contributed by atoms with Crippen LogP contribution in [0.3, 0.4) is 0 Å². The fourth-order valence-electron chi connectivity index (χ4n) is 4.95. The molecule has 0 atom stereocenters. The summed E-state index contributed by atoms with van der Waals surface area (Å²) in [5.74, 6) is -0.325. The molecule has 4 aromatic heterocycles. The van der Waals surface area contributed by atoms with Crippen LogP contribution in [0.25, 0.3) is 22.3 Å².